The quantitative estimate of drug-likeness (QED) is 0.759. The number of furan rings is 1. The van der Waals surface area contributed by atoms with E-state index < -0.39 is 0 Å². The molecule has 0 amide bonds. The topological polar surface area (TPSA) is 48.7 Å². The average Bonchev–Trinajstić information content (AvgIpc) is 2.67. The lowest BCUT2D eigenvalue weighted by Crippen LogP contribution is -2.26. The van der Waals surface area contributed by atoms with Gasteiger partial charge < -0.3 is 13.9 Å². The van der Waals surface area contributed by atoms with E-state index in [9.17, 15) is 4.79 Å². The summed E-state index contributed by atoms with van der Waals surface area (Å²) in [6.45, 7) is 4.68. The standard InChI is InChI=1S/C13H18O4/c1-9-7-12(10(2)17-9)13(14)16-8-11-5-3-4-6-15-11/h7,11H,3-6,8H2,1-2H3. The van der Waals surface area contributed by atoms with E-state index >= 15 is 0 Å². The Morgan fingerprint density at radius 2 is 2.29 bits per heavy atom. The summed E-state index contributed by atoms with van der Waals surface area (Å²) in [4.78, 5) is 11.8. The fourth-order valence-electron chi connectivity index (χ4n) is 2.02. The van der Waals surface area contributed by atoms with E-state index in [0.717, 1.165) is 31.6 Å². The van der Waals surface area contributed by atoms with Gasteiger partial charge in [-0.3, -0.25) is 0 Å². The summed E-state index contributed by atoms with van der Waals surface area (Å²) in [7, 11) is 0. The van der Waals surface area contributed by atoms with Gasteiger partial charge in [0.15, 0.2) is 0 Å². The average molecular weight is 238 g/mol. The third kappa shape index (κ3) is 3.09. The van der Waals surface area contributed by atoms with Gasteiger partial charge in [0.1, 0.15) is 23.7 Å². The first kappa shape index (κ1) is 12.2. The molecule has 94 valence electrons. The molecule has 2 rings (SSSR count). The van der Waals surface area contributed by atoms with Crippen LogP contribution in [0, 0.1) is 13.8 Å². The zero-order chi connectivity index (χ0) is 12.3. The summed E-state index contributed by atoms with van der Waals surface area (Å²) < 4.78 is 16.0. The maximum absolute atomic E-state index is 11.8. The van der Waals surface area contributed by atoms with E-state index in [0.29, 0.717) is 17.9 Å². The molecular weight excluding hydrogens is 220 g/mol. The molecule has 1 atom stereocenters. The van der Waals surface area contributed by atoms with E-state index in [2.05, 4.69) is 0 Å². The number of ether oxygens (including phenoxy) is 2. The van der Waals surface area contributed by atoms with Gasteiger partial charge in [-0.15, -0.1) is 0 Å². The number of carbonyl (C=O) groups is 1. The van der Waals surface area contributed by atoms with Crippen LogP contribution in [0.25, 0.3) is 0 Å². The third-order valence-electron chi connectivity index (χ3n) is 2.94. The largest absolute Gasteiger partial charge is 0.466 e. The SMILES string of the molecule is Cc1cc(C(=O)OCC2CCCCO2)c(C)o1. The summed E-state index contributed by atoms with van der Waals surface area (Å²) in [6.07, 6.45) is 3.27. The Hall–Kier alpha value is -1.29. The fraction of sp³-hybridized carbons (Fsp3) is 0.615. The van der Waals surface area contributed by atoms with Gasteiger partial charge in [-0.1, -0.05) is 0 Å². The Morgan fingerprint density at radius 1 is 1.47 bits per heavy atom. The fourth-order valence-corrected chi connectivity index (χ4v) is 2.02. The molecule has 0 radical (unpaired) electrons. The first-order valence-electron chi connectivity index (χ1n) is 6.02. The second-order valence-electron chi connectivity index (χ2n) is 4.41. The van der Waals surface area contributed by atoms with Crippen LogP contribution in [-0.4, -0.2) is 25.3 Å². The van der Waals surface area contributed by atoms with Gasteiger partial charge in [0.25, 0.3) is 0 Å². The monoisotopic (exact) mass is 238 g/mol. The van der Waals surface area contributed by atoms with E-state index in [-0.39, 0.29) is 12.1 Å². The Bertz CT molecular complexity index is 388. The Labute approximate surface area is 101 Å². The summed E-state index contributed by atoms with van der Waals surface area (Å²) in [5, 5.41) is 0. The summed E-state index contributed by atoms with van der Waals surface area (Å²) >= 11 is 0. The van der Waals surface area contributed by atoms with Crippen LogP contribution < -0.4 is 0 Å². The Morgan fingerprint density at radius 3 is 2.88 bits per heavy atom. The van der Waals surface area contributed by atoms with Crippen LogP contribution in [0.4, 0.5) is 0 Å². The number of aryl methyl sites for hydroxylation is 2. The molecule has 0 aliphatic carbocycles. The highest BCUT2D eigenvalue weighted by atomic mass is 16.6. The van der Waals surface area contributed by atoms with E-state index in [4.69, 9.17) is 13.9 Å². The zero-order valence-electron chi connectivity index (χ0n) is 10.3. The molecule has 0 spiro atoms. The molecule has 17 heavy (non-hydrogen) atoms. The van der Waals surface area contributed by atoms with Crippen LogP contribution in [0.15, 0.2) is 10.5 Å². The van der Waals surface area contributed by atoms with Crippen LogP contribution in [0.1, 0.15) is 41.1 Å². The van der Waals surface area contributed by atoms with Crippen molar-refractivity contribution in [2.24, 2.45) is 0 Å². The number of rotatable bonds is 3. The van der Waals surface area contributed by atoms with Crippen LogP contribution >= 0.6 is 0 Å². The summed E-state index contributed by atoms with van der Waals surface area (Å²) in [5.41, 5.74) is 0.512. The molecule has 1 aliphatic rings. The Balaban J connectivity index is 1.86. The minimum atomic E-state index is -0.325. The highest BCUT2D eigenvalue weighted by Gasteiger charge is 2.19. The molecule has 1 aliphatic heterocycles. The van der Waals surface area contributed by atoms with Crippen molar-refractivity contribution in [2.45, 2.75) is 39.2 Å². The predicted octanol–water partition coefficient (Wildman–Crippen LogP) is 2.62. The highest BCUT2D eigenvalue weighted by Crippen LogP contribution is 2.17. The second kappa shape index (κ2) is 5.36. The Kier molecular flexibility index (Phi) is 3.84. The van der Waals surface area contributed by atoms with Gasteiger partial charge in [0, 0.05) is 6.61 Å². The number of carbonyl (C=O) groups excluding carboxylic acids is 1. The van der Waals surface area contributed by atoms with Crippen molar-refractivity contribution in [3.8, 4) is 0 Å². The predicted molar refractivity (Wildman–Crippen MR) is 62.1 cm³/mol. The van der Waals surface area contributed by atoms with E-state index in [1.807, 2.05) is 6.92 Å². The van der Waals surface area contributed by atoms with Gasteiger partial charge in [-0.2, -0.15) is 0 Å². The van der Waals surface area contributed by atoms with Gasteiger partial charge in [-0.25, -0.2) is 4.79 Å². The normalized spacial score (nSPS) is 20.2. The van der Waals surface area contributed by atoms with E-state index in [1.165, 1.54) is 0 Å². The first-order valence-corrected chi connectivity index (χ1v) is 6.02. The van der Waals surface area contributed by atoms with Crippen molar-refractivity contribution in [1.29, 1.82) is 0 Å². The molecule has 4 nitrogen and oxygen atoms in total. The minimum absolute atomic E-state index is 0.0565. The smallest absolute Gasteiger partial charge is 0.341 e. The molecule has 2 heterocycles. The number of hydrogen-bond donors (Lipinski definition) is 0. The van der Waals surface area contributed by atoms with Gasteiger partial charge >= 0.3 is 5.97 Å². The molecule has 1 aromatic rings. The summed E-state index contributed by atoms with van der Waals surface area (Å²) in [5.74, 6) is 1.01. The molecule has 1 saturated heterocycles. The molecule has 0 N–H and O–H groups in total. The number of hydrogen-bond acceptors (Lipinski definition) is 4. The van der Waals surface area contributed by atoms with Crippen molar-refractivity contribution in [1.82, 2.24) is 0 Å². The van der Waals surface area contributed by atoms with Gasteiger partial charge in [0.2, 0.25) is 0 Å². The van der Waals surface area contributed by atoms with Crippen molar-refractivity contribution in [3.63, 3.8) is 0 Å². The van der Waals surface area contributed by atoms with Crippen LogP contribution in [0.2, 0.25) is 0 Å². The van der Waals surface area contributed by atoms with Crippen LogP contribution in [0.3, 0.4) is 0 Å². The van der Waals surface area contributed by atoms with Crippen LogP contribution in [0.5, 0.6) is 0 Å². The molecule has 0 saturated carbocycles. The third-order valence-corrected chi connectivity index (χ3v) is 2.94. The molecule has 0 bridgehead atoms. The van der Waals surface area contributed by atoms with E-state index in [1.54, 1.807) is 13.0 Å². The highest BCUT2D eigenvalue weighted by molar-refractivity contribution is 5.90. The van der Waals surface area contributed by atoms with Gasteiger partial charge in [-0.05, 0) is 39.2 Å². The lowest BCUT2D eigenvalue weighted by Gasteiger charge is -2.21. The minimum Gasteiger partial charge on any atom is -0.466 e. The zero-order valence-corrected chi connectivity index (χ0v) is 10.3. The maximum atomic E-state index is 11.8. The van der Waals surface area contributed by atoms with Crippen molar-refractivity contribution in [2.75, 3.05) is 13.2 Å². The van der Waals surface area contributed by atoms with Crippen molar-refractivity contribution in [3.05, 3.63) is 23.2 Å². The second-order valence-corrected chi connectivity index (χ2v) is 4.41. The van der Waals surface area contributed by atoms with Crippen molar-refractivity contribution < 1.29 is 18.7 Å². The first-order chi connectivity index (χ1) is 8.16. The molecule has 0 aromatic carbocycles. The molecule has 1 aromatic heterocycles. The lowest BCUT2D eigenvalue weighted by atomic mass is 10.1. The molecule has 1 unspecified atom stereocenters. The van der Waals surface area contributed by atoms with Crippen LogP contribution in [-0.2, 0) is 9.47 Å². The van der Waals surface area contributed by atoms with Gasteiger partial charge in [0.05, 0.1) is 6.10 Å². The van der Waals surface area contributed by atoms with Crippen molar-refractivity contribution >= 4 is 5.97 Å². The molecule has 1 fully saturated rings. The molecular formula is C13H18O4. The number of esters is 1. The maximum Gasteiger partial charge on any atom is 0.341 e. The molecule has 4 heteroatoms. The summed E-state index contributed by atoms with van der Waals surface area (Å²) in [6, 6.07) is 1.71. The lowest BCUT2D eigenvalue weighted by molar-refractivity contribution is -0.0301.